The van der Waals surface area contributed by atoms with E-state index in [1.54, 1.807) is 34.5 Å². The number of benzene rings is 1. The minimum atomic E-state index is -0.702. The topological polar surface area (TPSA) is 131 Å². The summed E-state index contributed by atoms with van der Waals surface area (Å²) < 4.78 is 2.55. The highest BCUT2D eigenvalue weighted by Crippen LogP contribution is 2.44. The lowest BCUT2D eigenvalue weighted by Crippen LogP contribution is -2.51. The molecule has 250 valence electrons. The van der Waals surface area contributed by atoms with Crippen LogP contribution in [-0.2, 0) is 14.4 Å². The van der Waals surface area contributed by atoms with Gasteiger partial charge in [0.15, 0.2) is 0 Å². The number of fused-ring (bicyclic) bond motifs is 1. The predicted octanol–water partition coefficient (Wildman–Crippen LogP) is 6.01. The number of nitrogens with one attached hydrogen (secondary N) is 2. The van der Waals surface area contributed by atoms with Crippen molar-refractivity contribution < 1.29 is 19.5 Å². The SMILES string of the molecule is CC(=O)N1CCCC1C1=NC=C(c2csc3c(-c4ccc(-c5cnc([C@@H]6CCCN6C(=O)[C@@H](NC(=O)CO)C(C)C)[nH]5)cc4)csc23)C1. The van der Waals surface area contributed by atoms with E-state index in [1.807, 2.05) is 31.1 Å². The molecule has 0 aliphatic carbocycles. The number of aliphatic imine (C=N–C) groups is 1. The highest BCUT2D eigenvalue weighted by atomic mass is 32.1. The van der Waals surface area contributed by atoms with Gasteiger partial charge < -0.3 is 25.2 Å². The average Bonchev–Trinajstić information content (AvgIpc) is 3.91. The van der Waals surface area contributed by atoms with Gasteiger partial charge in [-0.1, -0.05) is 38.1 Å². The first kappa shape index (κ1) is 32.4. The number of H-pyrrole nitrogens is 1. The molecule has 2 fully saturated rings. The number of aliphatic hydroxyl groups excluding tert-OH is 1. The molecule has 3 aromatic heterocycles. The van der Waals surface area contributed by atoms with Crippen LogP contribution in [0.15, 0.2) is 52.4 Å². The number of rotatable bonds is 9. The molecule has 0 spiro atoms. The third-order valence-electron chi connectivity index (χ3n) is 9.78. The number of hydrogen-bond acceptors (Lipinski definition) is 8. The molecule has 6 heterocycles. The fraction of sp³-hybridized carbons (Fsp3) is 0.417. The molecule has 3 atom stereocenters. The van der Waals surface area contributed by atoms with Crippen molar-refractivity contribution in [2.75, 3.05) is 19.7 Å². The van der Waals surface area contributed by atoms with Crippen LogP contribution in [0.4, 0.5) is 0 Å². The number of allylic oxidation sites excluding steroid dienone is 1. The first-order valence-electron chi connectivity index (χ1n) is 16.6. The molecule has 12 heteroatoms. The number of thiophene rings is 2. The van der Waals surface area contributed by atoms with E-state index in [0.717, 1.165) is 67.0 Å². The summed E-state index contributed by atoms with van der Waals surface area (Å²) in [6.07, 6.45) is 8.27. The zero-order chi connectivity index (χ0) is 33.5. The minimum Gasteiger partial charge on any atom is -0.387 e. The third kappa shape index (κ3) is 6.01. The van der Waals surface area contributed by atoms with Crippen LogP contribution in [-0.4, -0.2) is 80.1 Å². The van der Waals surface area contributed by atoms with Crippen LogP contribution in [0.5, 0.6) is 0 Å². The third-order valence-corrected chi connectivity index (χ3v) is 11.9. The second-order valence-electron chi connectivity index (χ2n) is 13.2. The van der Waals surface area contributed by atoms with Gasteiger partial charge >= 0.3 is 0 Å². The number of amides is 3. The van der Waals surface area contributed by atoms with E-state index in [0.29, 0.717) is 6.54 Å². The molecule has 0 bridgehead atoms. The molecule has 3 aliphatic rings. The van der Waals surface area contributed by atoms with Crippen LogP contribution in [0, 0.1) is 5.92 Å². The van der Waals surface area contributed by atoms with Crippen molar-refractivity contribution in [3.8, 4) is 22.4 Å². The summed E-state index contributed by atoms with van der Waals surface area (Å²) in [7, 11) is 0. The van der Waals surface area contributed by atoms with Gasteiger partial charge in [-0.05, 0) is 48.3 Å². The number of carbonyl (C=O) groups is 3. The summed E-state index contributed by atoms with van der Waals surface area (Å²) in [4.78, 5) is 54.2. The number of hydrogen-bond donors (Lipinski definition) is 3. The van der Waals surface area contributed by atoms with Crippen LogP contribution < -0.4 is 5.32 Å². The smallest absolute Gasteiger partial charge is 0.246 e. The van der Waals surface area contributed by atoms with Gasteiger partial charge in [0.05, 0.1) is 33.4 Å². The predicted molar refractivity (Wildman–Crippen MR) is 191 cm³/mol. The maximum atomic E-state index is 13.5. The minimum absolute atomic E-state index is 0.117. The van der Waals surface area contributed by atoms with Crippen molar-refractivity contribution in [2.24, 2.45) is 10.9 Å². The molecule has 3 N–H and O–H groups in total. The Morgan fingerprint density at radius 2 is 1.65 bits per heavy atom. The lowest BCUT2D eigenvalue weighted by atomic mass is 9.99. The molecule has 3 aliphatic heterocycles. The van der Waals surface area contributed by atoms with E-state index >= 15 is 0 Å². The Morgan fingerprint density at radius 3 is 2.35 bits per heavy atom. The van der Waals surface area contributed by atoms with Gasteiger partial charge in [-0.25, -0.2) is 4.98 Å². The zero-order valence-electron chi connectivity index (χ0n) is 27.4. The molecule has 10 nitrogen and oxygen atoms in total. The van der Waals surface area contributed by atoms with E-state index in [4.69, 9.17) is 4.99 Å². The van der Waals surface area contributed by atoms with Crippen molar-refractivity contribution in [2.45, 2.75) is 71.0 Å². The Morgan fingerprint density at radius 1 is 0.979 bits per heavy atom. The fourth-order valence-corrected chi connectivity index (χ4v) is 9.74. The summed E-state index contributed by atoms with van der Waals surface area (Å²) in [6.45, 7) is 6.19. The monoisotopic (exact) mass is 684 g/mol. The number of carbonyl (C=O) groups excluding carboxylic acids is 3. The molecular weight excluding hydrogens is 645 g/mol. The fourth-order valence-electron chi connectivity index (χ4n) is 7.26. The molecule has 0 radical (unpaired) electrons. The van der Waals surface area contributed by atoms with E-state index < -0.39 is 18.6 Å². The maximum Gasteiger partial charge on any atom is 0.246 e. The van der Waals surface area contributed by atoms with Crippen LogP contribution in [0.2, 0.25) is 0 Å². The quantitative estimate of drug-likeness (QED) is 0.199. The highest BCUT2D eigenvalue weighted by molar-refractivity contribution is 7.27. The Balaban J connectivity index is 1.05. The van der Waals surface area contributed by atoms with E-state index in [9.17, 15) is 19.5 Å². The summed E-state index contributed by atoms with van der Waals surface area (Å²) >= 11 is 3.53. The normalized spacial score (nSPS) is 20.1. The number of aromatic nitrogens is 2. The molecule has 48 heavy (non-hydrogen) atoms. The Hall–Kier alpha value is -4.13. The Labute approximate surface area is 287 Å². The summed E-state index contributed by atoms with van der Waals surface area (Å²) in [5.41, 5.74) is 7.83. The lowest BCUT2D eigenvalue weighted by molar-refractivity contribution is -0.139. The second kappa shape index (κ2) is 13.4. The molecule has 1 aromatic carbocycles. The molecule has 0 saturated carbocycles. The maximum absolute atomic E-state index is 13.5. The van der Waals surface area contributed by atoms with Crippen LogP contribution >= 0.6 is 22.7 Å². The standard InChI is InChI=1S/C36H40N6O4S2/c1-20(2)32(40-31(45)17-43)36(46)42-13-5-7-30(42)35-38-16-28(39-35)23-10-8-22(9-11-23)25-18-47-34-26(19-48-33(25)34)24-14-27(37-15-24)29-6-4-12-41(29)21(3)44/h8-11,15-16,18-20,29-30,32,43H,4-7,12-14,17H2,1-3H3,(H,38,39)(H,40,45)/t29?,30-,32-/m0/s1. The van der Waals surface area contributed by atoms with Gasteiger partial charge in [0.1, 0.15) is 18.5 Å². The lowest BCUT2D eigenvalue weighted by Gasteiger charge is -2.30. The van der Waals surface area contributed by atoms with Crippen molar-refractivity contribution in [1.29, 1.82) is 0 Å². The van der Waals surface area contributed by atoms with Gasteiger partial charge in [0.25, 0.3) is 0 Å². The zero-order valence-corrected chi connectivity index (χ0v) is 29.0. The van der Waals surface area contributed by atoms with Gasteiger partial charge in [-0.15, -0.1) is 22.7 Å². The summed E-state index contributed by atoms with van der Waals surface area (Å²) in [5.74, 6) is 0.0386. The molecule has 3 amide bonds. The number of aliphatic hydroxyl groups is 1. The first-order valence-corrected chi connectivity index (χ1v) is 18.4. The molecule has 4 aromatic rings. The first-order chi connectivity index (χ1) is 23.2. The molecule has 1 unspecified atom stereocenters. The molecule has 7 rings (SSSR count). The number of likely N-dealkylation sites (tertiary alicyclic amines) is 2. The average molecular weight is 685 g/mol. The van der Waals surface area contributed by atoms with E-state index in [2.05, 4.69) is 50.3 Å². The van der Waals surface area contributed by atoms with Crippen molar-refractivity contribution >= 4 is 61.1 Å². The van der Waals surface area contributed by atoms with E-state index in [-0.39, 0.29) is 29.8 Å². The highest BCUT2D eigenvalue weighted by Gasteiger charge is 2.37. The number of imidazole rings is 1. The van der Waals surface area contributed by atoms with Gasteiger partial charge in [-0.3, -0.25) is 19.4 Å². The number of nitrogens with zero attached hydrogens (tertiary/aromatic N) is 4. The Bertz CT molecular complexity index is 1920. The van der Waals surface area contributed by atoms with Crippen molar-refractivity contribution in [3.05, 3.63) is 58.8 Å². The summed E-state index contributed by atoms with van der Waals surface area (Å²) in [5, 5.41) is 16.4. The van der Waals surface area contributed by atoms with Gasteiger partial charge in [0.2, 0.25) is 17.7 Å². The van der Waals surface area contributed by atoms with Crippen LogP contribution in [0.25, 0.3) is 37.4 Å². The van der Waals surface area contributed by atoms with Gasteiger partial charge in [-0.2, -0.15) is 0 Å². The van der Waals surface area contributed by atoms with Crippen LogP contribution in [0.1, 0.15) is 70.3 Å². The van der Waals surface area contributed by atoms with Crippen molar-refractivity contribution in [3.63, 3.8) is 0 Å². The number of aromatic amines is 1. The summed E-state index contributed by atoms with van der Waals surface area (Å²) in [6, 6.07) is 7.71. The van der Waals surface area contributed by atoms with Crippen LogP contribution in [0.3, 0.4) is 0 Å². The van der Waals surface area contributed by atoms with E-state index in [1.165, 1.54) is 26.1 Å². The largest absolute Gasteiger partial charge is 0.387 e. The second-order valence-corrected chi connectivity index (χ2v) is 14.9. The van der Waals surface area contributed by atoms with Crippen molar-refractivity contribution in [1.82, 2.24) is 25.1 Å². The molecular formula is C36H40N6O4S2. The van der Waals surface area contributed by atoms with Gasteiger partial charge in [0, 0.05) is 60.2 Å². The molecule has 2 saturated heterocycles. The Kier molecular flexibility index (Phi) is 9.06.